The number of benzene rings is 2. The molecule has 0 radical (unpaired) electrons. The van der Waals surface area contributed by atoms with Gasteiger partial charge in [0, 0.05) is 5.39 Å². The van der Waals surface area contributed by atoms with Crippen LogP contribution >= 0.6 is 0 Å². The lowest BCUT2D eigenvalue weighted by Crippen LogP contribution is -1.95. The van der Waals surface area contributed by atoms with Gasteiger partial charge >= 0.3 is 0 Å². The SMILES string of the molecule is Nc1cc2ccccc2c(O)c1N. The fourth-order valence-electron chi connectivity index (χ4n) is 1.37. The van der Waals surface area contributed by atoms with E-state index >= 15 is 0 Å². The van der Waals surface area contributed by atoms with Crippen LogP contribution in [-0.2, 0) is 0 Å². The number of phenols is 1. The Morgan fingerprint density at radius 1 is 1.08 bits per heavy atom. The highest BCUT2D eigenvalue weighted by Crippen LogP contribution is 2.34. The highest BCUT2D eigenvalue weighted by atomic mass is 16.3. The van der Waals surface area contributed by atoms with Gasteiger partial charge in [-0.1, -0.05) is 24.3 Å². The van der Waals surface area contributed by atoms with E-state index in [1.807, 2.05) is 18.2 Å². The number of nitrogen functional groups attached to an aromatic ring is 2. The Morgan fingerprint density at radius 2 is 1.77 bits per heavy atom. The molecular formula is C10H10N2O. The van der Waals surface area contributed by atoms with Crippen LogP contribution in [0.15, 0.2) is 30.3 Å². The standard InChI is InChI=1S/C10H10N2O/c11-8-5-6-3-1-2-4-7(6)10(13)9(8)12/h1-5,13H,11-12H2. The minimum Gasteiger partial charge on any atom is -0.505 e. The zero-order valence-electron chi connectivity index (χ0n) is 6.99. The van der Waals surface area contributed by atoms with Crippen molar-refractivity contribution in [3.8, 4) is 5.75 Å². The third-order valence-electron chi connectivity index (χ3n) is 2.09. The fourth-order valence-corrected chi connectivity index (χ4v) is 1.37. The molecule has 2 aromatic carbocycles. The topological polar surface area (TPSA) is 72.3 Å². The van der Waals surface area contributed by atoms with Gasteiger partial charge in [0.05, 0.1) is 11.4 Å². The molecular weight excluding hydrogens is 164 g/mol. The molecule has 0 bridgehead atoms. The van der Waals surface area contributed by atoms with E-state index < -0.39 is 0 Å². The van der Waals surface area contributed by atoms with Gasteiger partial charge in [-0.25, -0.2) is 0 Å². The zero-order chi connectivity index (χ0) is 9.42. The maximum atomic E-state index is 9.63. The molecule has 0 aromatic heterocycles. The number of hydrogen-bond donors (Lipinski definition) is 3. The fraction of sp³-hybridized carbons (Fsp3) is 0. The number of nitrogens with two attached hydrogens (primary N) is 2. The van der Waals surface area contributed by atoms with Crippen molar-refractivity contribution < 1.29 is 5.11 Å². The maximum Gasteiger partial charge on any atom is 0.148 e. The molecule has 5 N–H and O–H groups in total. The van der Waals surface area contributed by atoms with Crippen LogP contribution in [0.3, 0.4) is 0 Å². The molecule has 66 valence electrons. The van der Waals surface area contributed by atoms with Crippen LogP contribution in [0.5, 0.6) is 5.75 Å². The molecule has 0 amide bonds. The molecule has 13 heavy (non-hydrogen) atoms. The van der Waals surface area contributed by atoms with Crippen molar-refractivity contribution in [1.82, 2.24) is 0 Å². The molecule has 3 nitrogen and oxygen atoms in total. The zero-order valence-corrected chi connectivity index (χ0v) is 6.99. The van der Waals surface area contributed by atoms with E-state index in [9.17, 15) is 5.11 Å². The minimum atomic E-state index is 0.0654. The first kappa shape index (κ1) is 7.73. The number of anilines is 2. The lowest BCUT2D eigenvalue weighted by Gasteiger charge is -2.06. The molecule has 0 fully saturated rings. The van der Waals surface area contributed by atoms with E-state index in [0.717, 1.165) is 10.8 Å². The Hall–Kier alpha value is -1.90. The van der Waals surface area contributed by atoms with Gasteiger partial charge in [-0.15, -0.1) is 0 Å². The van der Waals surface area contributed by atoms with E-state index in [1.54, 1.807) is 12.1 Å². The van der Waals surface area contributed by atoms with Gasteiger partial charge in [0.15, 0.2) is 0 Å². The van der Waals surface area contributed by atoms with Crippen LogP contribution in [0.1, 0.15) is 0 Å². The van der Waals surface area contributed by atoms with Crippen molar-refractivity contribution in [2.24, 2.45) is 0 Å². The Bertz CT molecular complexity index is 466. The van der Waals surface area contributed by atoms with Gasteiger partial charge in [-0.3, -0.25) is 0 Å². The molecule has 0 saturated carbocycles. The average Bonchev–Trinajstić information content (AvgIpc) is 2.15. The van der Waals surface area contributed by atoms with Crippen LogP contribution in [0.2, 0.25) is 0 Å². The van der Waals surface area contributed by atoms with E-state index in [2.05, 4.69) is 0 Å². The highest BCUT2D eigenvalue weighted by molar-refractivity contribution is 5.97. The maximum absolute atomic E-state index is 9.63. The van der Waals surface area contributed by atoms with E-state index in [0.29, 0.717) is 5.69 Å². The predicted molar refractivity (Wildman–Crippen MR) is 54.4 cm³/mol. The third kappa shape index (κ3) is 1.05. The third-order valence-corrected chi connectivity index (χ3v) is 2.09. The van der Waals surface area contributed by atoms with Gasteiger partial charge in [-0.05, 0) is 11.5 Å². The summed E-state index contributed by atoms with van der Waals surface area (Å²) in [6.07, 6.45) is 0. The molecule has 0 saturated heterocycles. The predicted octanol–water partition coefficient (Wildman–Crippen LogP) is 1.71. The van der Waals surface area contributed by atoms with Gasteiger partial charge < -0.3 is 16.6 Å². The molecule has 2 aromatic rings. The lowest BCUT2D eigenvalue weighted by atomic mass is 10.1. The molecule has 0 aliphatic heterocycles. The minimum absolute atomic E-state index is 0.0654. The summed E-state index contributed by atoms with van der Waals surface area (Å²) in [5.41, 5.74) is 11.8. The second-order valence-corrected chi connectivity index (χ2v) is 2.95. The summed E-state index contributed by atoms with van der Waals surface area (Å²) in [6.45, 7) is 0. The average molecular weight is 174 g/mol. The van der Waals surface area contributed by atoms with Crippen molar-refractivity contribution in [3.05, 3.63) is 30.3 Å². The molecule has 0 atom stereocenters. The Balaban J connectivity index is 2.94. The number of hydrogen-bond acceptors (Lipinski definition) is 3. The Kier molecular flexibility index (Phi) is 1.52. The molecule has 0 heterocycles. The van der Waals surface area contributed by atoms with Gasteiger partial charge in [0.2, 0.25) is 0 Å². The summed E-state index contributed by atoms with van der Waals surface area (Å²) in [4.78, 5) is 0. The van der Waals surface area contributed by atoms with E-state index in [4.69, 9.17) is 11.5 Å². The quantitative estimate of drug-likeness (QED) is 0.420. The molecule has 0 unspecified atom stereocenters. The lowest BCUT2D eigenvalue weighted by molar-refractivity contribution is 0.484. The summed E-state index contributed by atoms with van der Waals surface area (Å²) in [5, 5.41) is 11.3. The smallest absolute Gasteiger partial charge is 0.148 e. The van der Waals surface area contributed by atoms with Crippen LogP contribution in [-0.4, -0.2) is 5.11 Å². The number of fused-ring (bicyclic) bond motifs is 1. The van der Waals surface area contributed by atoms with Crippen molar-refractivity contribution in [2.75, 3.05) is 11.5 Å². The van der Waals surface area contributed by atoms with E-state index in [-0.39, 0.29) is 11.4 Å². The summed E-state index contributed by atoms with van der Waals surface area (Å²) >= 11 is 0. The molecule has 2 rings (SSSR count). The Labute approximate surface area is 75.6 Å². The van der Waals surface area contributed by atoms with Crippen molar-refractivity contribution in [3.63, 3.8) is 0 Å². The monoisotopic (exact) mass is 174 g/mol. The molecule has 0 spiro atoms. The summed E-state index contributed by atoms with van der Waals surface area (Å²) in [6, 6.07) is 9.17. The van der Waals surface area contributed by atoms with Crippen LogP contribution in [0, 0.1) is 0 Å². The molecule has 3 heteroatoms. The first-order valence-corrected chi connectivity index (χ1v) is 3.96. The highest BCUT2D eigenvalue weighted by Gasteiger charge is 2.06. The summed E-state index contributed by atoms with van der Waals surface area (Å²) < 4.78 is 0. The van der Waals surface area contributed by atoms with Crippen molar-refractivity contribution >= 4 is 22.1 Å². The first-order valence-electron chi connectivity index (χ1n) is 3.96. The number of phenolic OH excluding ortho intramolecular Hbond substituents is 1. The van der Waals surface area contributed by atoms with Gasteiger partial charge in [0.1, 0.15) is 5.75 Å². The van der Waals surface area contributed by atoms with Gasteiger partial charge in [-0.2, -0.15) is 0 Å². The molecule has 0 aliphatic carbocycles. The van der Waals surface area contributed by atoms with Crippen molar-refractivity contribution in [1.29, 1.82) is 0 Å². The number of aromatic hydroxyl groups is 1. The second kappa shape index (κ2) is 2.55. The summed E-state index contributed by atoms with van der Waals surface area (Å²) in [7, 11) is 0. The van der Waals surface area contributed by atoms with Crippen LogP contribution in [0.4, 0.5) is 11.4 Å². The largest absolute Gasteiger partial charge is 0.505 e. The normalized spacial score (nSPS) is 10.5. The van der Waals surface area contributed by atoms with Crippen LogP contribution < -0.4 is 11.5 Å². The molecule has 0 aliphatic rings. The Morgan fingerprint density at radius 3 is 2.54 bits per heavy atom. The number of rotatable bonds is 0. The first-order chi connectivity index (χ1) is 6.20. The van der Waals surface area contributed by atoms with Crippen LogP contribution in [0.25, 0.3) is 10.8 Å². The van der Waals surface area contributed by atoms with Gasteiger partial charge in [0.25, 0.3) is 0 Å². The van der Waals surface area contributed by atoms with E-state index in [1.165, 1.54) is 0 Å². The van der Waals surface area contributed by atoms with Crippen molar-refractivity contribution in [2.45, 2.75) is 0 Å². The summed E-state index contributed by atoms with van der Waals surface area (Å²) in [5.74, 6) is 0.0654. The second-order valence-electron chi connectivity index (χ2n) is 2.95.